The van der Waals surface area contributed by atoms with Crippen LogP contribution in [0.15, 0.2) is 180 Å². The average molecular weight is 660 g/mol. The van der Waals surface area contributed by atoms with Crippen molar-refractivity contribution in [3.63, 3.8) is 0 Å². The van der Waals surface area contributed by atoms with Crippen molar-refractivity contribution >= 4 is 52.6 Å². The van der Waals surface area contributed by atoms with Crippen LogP contribution in [0.25, 0.3) is 17.2 Å². The Hall–Kier alpha value is -6.18. The molecular weight excluding hydrogens is 627 g/mol. The number of amides is 3. The molecule has 0 bridgehead atoms. The molecule has 0 fully saturated rings. The lowest BCUT2D eigenvalue weighted by Gasteiger charge is -2.23. The van der Waals surface area contributed by atoms with Gasteiger partial charge < -0.3 is 10.6 Å². The second kappa shape index (κ2) is 16.1. The molecule has 6 aromatic carbocycles. The first-order chi connectivity index (χ1) is 24.0. The Morgan fingerprint density at radius 3 is 1.76 bits per heavy atom. The van der Waals surface area contributed by atoms with Crippen LogP contribution in [0, 0.1) is 0 Å². The predicted octanol–water partition coefficient (Wildman–Crippen LogP) is 9.22. The second-order valence-electron chi connectivity index (χ2n) is 11.0. The number of rotatable bonds is 11. The van der Waals surface area contributed by atoms with Gasteiger partial charge >= 0.3 is 0 Å². The van der Waals surface area contributed by atoms with Crippen LogP contribution in [0.1, 0.15) is 15.9 Å². The van der Waals surface area contributed by atoms with E-state index < -0.39 is 11.8 Å². The normalized spacial score (nSPS) is 11.0. The molecule has 0 heterocycles. The van der Waals surface area contributed by atoms with Gasteiger partial charge in [-0.1, -0.05) is 115 Å². The van der Waals surface area contributed by atoms with Crippen LogP contribution in [0.2, 0.25) is 0 Å². The number of carbonyl (C=O) groups is 3. The molecule has 0 aromatic heterocycles. The number of hydrogen-bond donors (Lipinski definition) is 2. The number of thioether (sulfide) groups is 1. The molecule has 49 heavy (non-hydrogen) atoms. The van der Waals surface area contributed by atoms with E-state index >= 15 is 0 Å². The number of hydrogen-bond acceptors (Lipinski definition) is 4. The number of nitrogens with zero attached hydrogens (tertiary/aromatic N) is 1. The zero-order valence-corrected chi connectivity index (χ0v) is 27.3. The molecule has 0 unspecified atom stereocenters. The van der Waals surface area contributed by atoms with Crippen LogP contribution in [-0.4, -0.2) is 23.5 Å². The zero-order valence-electron chi connectivity index (χ0n) is 26.5. The molecule has 0 aliphatic rings. The lowest BCUT2D eigenvalue weighted by atomic mass is 10.0. The van der Waals surface area contributed by atoms with Crippen LogP contribution < -0.4 is 15.5 Å². The topological polar surface area (TPSA) is 78.5 Å². The largest absolute Gasteiger partial charge is 0.321 e. The van der Waals surface area contributed by atoms with Crippen molar-refractivity contribution in [3.05, 3.63) is 187 Å². The van der Waals surface area contributed by atoms with Gasteiger partial charge in [0.2, 0.25) is 5.91 Å². The fourth-order valence-corrected chi connectivity index (χ4v) is 5.98. The minimum absolute atomic E-state index is 0.0797. The van der Waals surface area contributed by atoms with Gasteiger partial charge in [0, 0.05) is 27.5 Å². The summed E-state index contributed by atoms with van der Waals surface area (Å²) in [7, 11) is 0. The minimum atomic E-state index is -0.478. The van der Waals surface area contributed by atoms with E-state index in [4.69, 9.17) is 0 Å². The van der Waals surface area contributed by atoms with E-state index in [0.717, 1.165) is 33.0 Å². The first-order valence-electron chi connectivity index (χ1n) is 15.7. The molecule has 2 N–H and O–H groups in total. The maximum absolute atomic E-state index is 13.7. The standard InChI is InChI=1S/C42H33N3O3S/c46-40(45(36-19-9-3-10-20-36)37-21-11-4-12-22-37)30-49-38-23-13-18-35(29-38)43-42(48)39(44-41(47)34-16-7-2-8-17-34)28-31-24-26-33(27-25-31)32-14-5-1-6-15-32/h1-29H,30H2,(H,43,48)(H,44,47)/b39-28-. The highest BCUT2D eigenvalue weighted by Crippen LogP contribution is 2.29. The smallest absolute Gasteiger partial charge is 0.272 e. The summed E-state index contributed by atoms with van der Waals surface area (Å²) in [6, 6.07) is 52.9. The maximum Gasteiger partial charge on any atom is 0.272 e. The SMILES string of the molecule is O=C(Nc1cccc(SCC(=O)N(c2ccccc2)c2ccccc2)c1)/C(=C/c1ccc(-c2ccccc2)cc1)NC(=O)c1ccccc1. The third kappa shape index (κ3) is 8.80. The Labute approximate surface area is 290 Å². The van der Waals surface area contributed by atoms with Crippen LogP contribution in [0.4, 0.5) is 17.1 Å². The molecule has 7 heteroatoms. The van der Waals surface area contributed by atoms with Crippen LogP contribution >= 0.6 is 11.8 Å². The van der Waals surface area contributed by atoms with Gasteiger partial charge in [-0.15, -0.1) is 11.8 Å². The molecule has 0 saturated heterocycles. The van der Waals surface area contributed by atoms with E-state index in [0.29, 0.717) is 11.3 Å². The molecule has 6 aromatic rings. The second-order valence-corrected chi connectivity index (χ2v) is 12.1. The van der Waals surface area contributed by atoms with E-state index in [2.05, 4.69) is 10.6 Å². The third-order valence-electron chi connectivity index (χ3n) is 7.59. The summed E-state index contributed by atoms with van der Waals surface area (Å²) < 4.78 is 0. The van der Waals surface area contributed by atoms with Crippen LogP contribution in [0.5, 0.6) is 0 Å². The van der Waals surface area contributed by atoms with E-state index in [9.17, 15) is 14.4 Å². The van der Waals surface area contributed by atoms with Crippen molar-refractivity contribution in [1.82, 2.24) is 5.32 Å². The molecule has 6 rings (SSSR count). The molecule has 0 aliphatic heterocycles. The highest BCUT2D eigenvalue weighted by atomic mass is 32.2. The number of anilines is 3. The summed E-state index contributed by atoms with van der Waals surface area (Å²) in [4.78, 5) is 42.9. The molecular formula is C42H33N3O3S. The van der Waals surface area contributed by atoms with Gasteiger partial charge in [-0.2, -0.15) is 0 Å². The van der Waals surface area contributed by atoms with Gasteiger partial charge in [-0.25, -0.2) is 0 Å². The number of nitrogens with one attached hydrogen (secondary N) is 2. The molecule has 0 saturated carbocycles. The van der Waals surface area contributed by atoms with Gasteiger partial charge in [0.1, 0.15) is 5.70 Å². The molecule has 3 amide bonds. The Bertz CT molecular complexity index is 2010. The van der Waals surface area contributed by atoms with Crippen molar-refractivity contribution < 1.29 is 14.4 Å². The fraction of sp³-hybridized carbons (Fsp3) is 0.0238. The fourth-order valence-electron chi connectivity index (χ4n) is 5.17. The van der Waals surface area contributed by atoms with Gasteiger partial charge in [-0.05, 0) is 77.4 Å². The number of para-hydroxylation sites is 2. The summed E-state index contributed by atoms with van der Waals surface area (Å²) in [5, 5.41) is 5.73. The summed E-state index contributed by atoms with van der Waals surface area (Å²) >= 11 is 1.38. The van der Waals surface area contributed by atoms with E-state index in [1.54, 1.807) is 41.3 Å². The molecule has 6 nitrogen and oxygen atoms in total. The highest BCUT2D eigenvalue weighted by molar-refractivity contribution is 8.00. The Kier molecular flexibility index (Phi) is 10.8. The summed E-state index contributed by atoms with van der Waals surface area (Å²) in [6.07, 6.45) is 1.66. The lowest BCUT2D eigenvalue weighted by molar-refractivity contribution is -0.115. The zero-order chi connectivity index (χ0) is 33.8. The molecule has 0 radical (unpaired) electrons. The van der Waals surface area contributed by atoms with Crippen molar-refractivity contribution in [2.24, 2.45) is 0 Å². The van der Waals surface area contributed by atoms with Crippen molar-refractivity contribution in [2.75, 3.05) is 16.0 Å². The summed E-state index contributed by atoms with van der Waals surface area (Å²) in [5.74, 6) is -0.775. The van der Waals surface area contributed by atoms with E-state index in [1.165, 1.54) is 11.8 Å². The summed E-state index contributed by atoms with van der Waals surface area (Å²) in [6.45, 7) is 0. The van der Waals surface area contributed by atoms with Gasteiger partial charge in [-0.3, -0.25) is 19.3 Å². The molecule has 0 spiro atoms. The Morgan fingerprint density at radius 2 is 1.14 bits per heavy atom. The average Bonchev–Trinajstić information content (AvgIpc) is 3.16. The number of carbonyl (C=O) groups excluding carboxylic acids is 3. The first-order valence-corrected chi connectivity index (χ1v) is 16.7. The van der Waals surface area contributed by atoms with Gasteiger partial charge in [0.25, 0.3) is 11.8 Å². The quantitative estimate of drug-likeness (QED) is 0.107. The van der Waals surface area contributed by atoms with E-state index in [-0.39, 0.29) is 17.4 Å². The lowest BCUT2D eigenvalue weighted by Crippen LogP contribution is -2.30. The summed E-state index contributed by atoms with van der Waals surface area (Å²) in [5.41, 5.74) is 5.51. The molecule has 0 aliphatic carbocycles. The first kappa shape index (κ1) is 32.7. The minimum Gasteiger partial charge on any atom is -0.321 e. The highest BCUT2D eigenvalue weighted by Gasteiger charge is 2.19. The molecule has 240 valence electrons. The third-order valence-corrected chi connectivity index (χ3v) is 8.57. The van der Waals surface area contributed by atoms with Crippen molar-refractivity contribution in [1.29, 1.82) is 0 Å². The predicted molar refractivity (Wildman–Crippen MR) is 200 cm³/mol. The number of benzene rings is 6. The van der Waals surface area contributed by atoms with Crippen LogP contribution in [-0.2, 0) is 9.59 Å². The van der Waals surface area contributed by atoms with Gasteiger partial charge in [0.15, 0.2) is 0 Å². The Balaban J connectivity index is 1.19. The molecule has 0 atom stereocenters. The van der Waals surface area contributed by atoms with Crippen molar-refractivity contribution in [2.45, 2.75) is 4.90 Å². The Morgan fingerprint density at radius 1 is 0.592 bits per heavy atom. The maximum atomic E-state index is 13.7. The van der Waals surface area contributed by atoms with Crippen LogP contribution in [0.3, 0.4) is 0 Å². The van der Waals surface area contributed by atoms with Gasteiger partial charge in [0.05, 0.1) is 5.75 Å². The van der Waals surface area contributed by atoms with E-state index in [1.807, 2.05) is 140 Å². The van der Waals surface area contributed by atoms with Crippen molar-refractivity contribution in [3.8, 4) is 11.1 Å². The monoisotopic (exact) mass is 659 g/mol.